The molecule has 0 saturated carbocycles. The molecule has 0 amide bonds. The van der Waals surface area contributed by atoms with Gasteiger partial charge in [0.1, 0.15) is 12.4 Å². The summed E-state index contributed by atoms with van der Waals surface area (Å²) in [5.41, 5.74) is 2.70. The Morgan fingerprint density at radius 1 is 0.955 bits per heavy atom. The van der Waals surface area contributed by atoms with Crippen LogP contribution in [0.15, 0.2) is 48.5 Å². The Bertz CT molecular complexity index is 587. The van der Waals surface area contributed by atoms with Gasteiger partial charge in [-0.25, -0.2) is 4.79 Å². The predicted octanol–water partition coefficient (Wildman–Crippen LogP) is 3.33. The minimum Gasteiger partial charge on any atom is -0.508 e. The quantitative estimate of drug-likeness (QED) is 0.629. The van der Waals surface area contributed by atoms with E-state index in [4.69, 9.17) is 9.47 Å². The van der Waals surface area contributed by atoms with Gasteiger partial charge in [0, 0.05) is 0 Å². The van der Waals surface area contributed by atoms with Gasteiger partial charge in [0.05, 0.1) is 18.8 Å². The fourth-order valence-electron chi connectivity index (χ4n) is 1.94. The average Bonchev–Trinajstić information content (AvgIpc) is 2.56. The summed E-state index contributed by atoms with van der Waals surface area (Å²) >= 11 is 0. The third-order valence-electron chi connectivity index (χ3n) is 3.26. The summed E-state index contributed by atoms with van der Waals surface area (Å²) in [4.78, 5) is 11.8. The van der Waals surface area contributed by atoms with E-state index in [0.29, 0.717) is 18.8 Å². The minimum absolute atomic E-state index is 0.215. The Hall–Kier alpha value is -2.33. The SMILES string of the molecule is CCc1ccc(C(=O)OCCOCc2ccc(O)cc2)cc1. The molecule has 0 atom stereocenters. The van der Waals surface area contributed by atoms with E-state index in [1.165, 1.54) is 5.56 Å². The van der Waals surface area contributed by atoms with Crippen LogP contribution in [0.5, 0.6) is 5.75 Å². The minimum atomic E-state index is -0.337. The number of benzene rings is 2. The van der Waals surface area contributed by atoms with E-state index in [2.05, 4.69) is 6.92 Å². The second-order valence-corrected chi connectivity index (χ2v) is 4.91. The monoisotopic (exact) mass is 300 g/mol. The van der Waals surface area contributed by atoms with Crippen molar-refractivity contribution in [3.8, 4) is 5.75 Å². The zero-order chi connectivity index (χ0) is 15.8. The van der Waals surface area contributed by atoms with Crippen molar-refractivity contribution in [1.29, 1.82) is 0 Å². The van der Waals surface area contributed by atoms with Crippen molar-refractivity contribution in [2.75, 3.05) is 13.2 Å². The summed E-state index contributed by atoms with van der Waals surface area (Å²) < 4.78 is 10.6. The molecule has 0 aliphatic carbocycles. The number of hydrogen-bond donors (Lipinski definition) is 1. The molecule has 0 heterocycles. The number of carbonyl (C=O) groups excluding carboxylic acids is 1. The van der Waals surface area contributed by atoms with Crippen LogP contribution in [0, 0.1) is 0 Å². The van der Waals surface area contributed by atoms with Crippen LogP contribution in [0.3, 0.4) is 0 Å². The van der Waals surface area contributed by atoms with E-state index in [1.54, 1.807) is 36.4 Å². The molecule has 1 N–H and O–H groups in total. The molecule has 0 fully saturated rings. The first-order chi connectivity index (χ1) is 10.7. The third kappa shape index (κ3) is 4.90. The largest absolute Gasteiger partial charge is 0.508 e. The van der Waals surface area contributed by atoms with Gasteiger partial charge in [-0.05, 0) is 41.8 Å². The Balaban J connectivity index is 1.67. The van der Waals surface area contributed by atoms with Gasteiger partial charge in [-0.3, -0.25) is 0 Å². The topological polar surface area (TPSA) is 55.8 Å². The molecular formula is C18H20O4. The lowest BCUT2D eigenvalue weighted by atomic mass is 10.1. The van der Waals surface area contributed by atoms with Crippen molar-refractivity contribution in [3.63, 3.8) is 0 Å². The summed E-state index contributed by atoms with van der Waals surface area (Å²) in [7, 11) is 0. The van der Waals surface area contributed by atoms with Crippen LogP contribution >= 0.6 is 0 Å². The summed E-state index contributed by atoms with van der Waals surface area (Å²) in [5, 5.41) is 9.17. The van der Waals surface area contributed by atoms with E-state index in [9.17, 15) is 9.90 Å². The van der Waals surface area contributed by atoms with Crippen LogP contribution in [-0.4, -0.2) is 24.3 Å². The van der Waals surface area contributed by atoms with Gasteiger partial charge in [-0.15, -0.1) is 0 Å². The van der Waals surface area contributed by atoms with Crippen LogP contribution in [0.1, 0.15) is 28.4 Å². The lowest BCUT2D eigenvalue weighted by Gasteiger charge is -2.07. The van der Waals surface area contributed by atoms with Crippen LogP contribution in [0.4, 0.5) is 0 Å². The molecule has 0 spiro atoms. The average molecular weight is 300 g/mol. The van der Waals surface area contributed by atoms with Gasteiger partial charge in [-0.2, -0.15) is 0 Å². The first-order valence-electron chi connectivity index (χ1n) is 7.30. The van der Waals surface area contributed by atoms with Crippen molar-refractivity contribution in [1.82, 2.24) is 0 Å². The Labute approximate surface area is 130 Å². The standard InChI is InChI=1S/C18H20O4/c1-2-14-3-7-16(8-4-14)18(20)22-12-11-21-13-15-5-9-17(19)10-6-15/h3-10,19H,2,11-13H2,1H3. The summed E-state index contributed by atoms with van der Waals surface area (Å²) in [6, 6.07) is 14.2. The Morgan fingerprint density at radius 3 is 2.23 bits per heavy atom. The molecule has 4 nitrogen and oxygen atoms in total. The van der Waals surface area contributed by atoms with Crippen molar-refractivity contribution in [2.45, 2.75) is 20.0 Å². The highest BCUT2D eigenvalue weighted by molar-refractivity contribution is 5.89. The first kappa shape index (κ1) is 16.0. The Morgan fingerprint density at radius 2 is 1.59 bits per heavy atom. The number of hydrogen-bond acceptors (Lipinski definition) is 4. The lowest BCUT2D eigenvalue weighted by molar-refractivity contribution is 0.0288. The maximum atomic E-state index is 11.8. The molecule has 0 aliphatic rings. The highest BCUT2D eigenvalue weighted by Gasteiger charge is 2.06. The number of rotatable bonds is 7. The normalized spacial score (nSPS) is 10.4. The number of phenols is 1. The van der Waals surface area contributed by atoms with Crippen molar-refractivity contribution in [2.24, 2.45) is 0 Å². The molecule has 2 aromatic rings. The molecule has 0 aromatic heterocycles. The van der Waals surface area contributed by atoms with Gasteiger partial charge in [-0.1, -0.05) is 31.2 Å². The second kappa shape index (κ2) is 8.20. The van der Waals surface area contributed by atoms with Gasteiger partial charge in [0.25, 0.3) is 0 Å². The fourth-order valence-corrected chi connectivity index (χ4v) is 1.94. The van der Waals surface area contributed by atoms with E-state index in [0.717, 1.165) is 12.0 Å². The molecule has 2 aromatic carbocycles. The van der Waals surface area contributed by atoms with E-state index in [1.807, 2.05) is 12.1 Å². The first-order valence-corrected chi connectivity index (χ1v) is 7.30. The molecule has 0 bridgehead atoms. The number of phenolic OH excluding ortho intramolecular Hbond substituents is 1. The fraction of sp³-hybridized carbons (Fsp3) is 0.278. The van der Waals surface area contributed by atoms with Crippen LogP contribution in [0.25, 0.3) is 0 Å². The molecule has 2 rings (SSSR count). The predicted molar refractivity (Wildman–Crippen MR) is 83.9 cm³/mol. The molecule has 4 heteroatoms. The second-order valence-electron chi connectivity index (χ2n) is 4.91. The van der Waals surface area contributed by atoms with Crippen LogP contribution in [0.2, 0.25) is 0 Å². The van der Waals surface area contributed by atoms with Crippen molar-refractivity contribution in [3.05, 3.63) is 65.2 Å². The third-order valence-corrected chi connectivity index (χ3v) is 3.26. The zero-order valence-electron chi connectivity index (χ0n) is 12.6. The van der Waals surface area contributed by atoms with Crippen LogP contribution < -0.4 is 0 Å². The lowest BCUT2D eigenvalue weighted by Crippen LogP contribution is -2.11. The van der Waals surface area contributed by atoms with Crippen molar-refractivity contribution < 1.29 is 19.4 Å². The van der Waals surface area contributed by atoms with Gasteiger partial charge >= 0.3 is 5.97 Å². The molecule has 0 unspecified atom stereocenters. The van der Waals surface area contributed by atoms with E-state index < -0.39 is 0 Å². The highest BCUT2D eigenvalue weighted by Crippen LogP contribution is 2.10. The van der Waals surface area contributed by atoms with E-state index in [-0.39, 0.29) is 18.3 Å². The molecular weight excluding hydrogens is 280 g/mol. The smallest absolute Gasteiger partial charge is 0.338 e. The summed E-state index contributed by atoms with van der Waals surface area (Å²) in [6.07, 6.45) is 0.945. The maximum Gasteiger partial charge on any atom is 0.338 e. The molecule has 0 radical (unpaired) electrons. The zero-order valence-corrected chi connectivity index (χ0v) is 12.6. The number of aromatic hydroxyl groups is 1. The van der Waals surface area contributed by atoms with Gasteiger partial charge < -0.3 is 14.6 Å². The molecule has 0 saturated heterocycles. The molecule has 22 heavy (non-hydrogen) atoms. The number of esters is 1. The van der Waals surface area contributed by atoms with Crippen LogP contribution in [-0.2, 0) is 22.5 Å². The van der Waals surface area contributed by atoms with Gasteiger partial charge in [0.2, 0.25) is 0 Å². The Kier molecular flexibility index (Phi) is 5.98. The van der Waals surface area contributed by atoms with Gasteiger partial charge in [0.15, 0.2) is 0 Å². The number of carbonyl (C=O) groups is 1. The molecule has 0 aliphatic heterocycles. The summed E-state index contributed by atoms with van der Waals surface area (Å²) in [6.45, 7) is 3.04. The van der Waals surface area contributed by atoms with Crippen molar-refractivity contribution >= 4 is 5.97 Å². The maximum absolute atomic E-state index is 11.8. The number of aryl methyl sites for hydroxylation is 1. The number of ether oxygens (including phenoxy) is 2. The van der Waals surface area contributed by atoms with E-state index >= 15 is 0 Å². The molecule has 116 valence electrons. The summed E-state index contributed by atoms with van der Waals surface area (Å²) in [5.74, 6) is -0.109. The highest BCUT2D eigenvalue weighted by atomic mass is 16.6.